The summed E-state index contributed by atoms with van der Waals surface area (Å²) >= 11 is 0. The monoisotopic (exact) mass is 1030 g/mol. The van der Waals surface area contributed by atoms with Crippen molar-refractivity contribution in [2.75, 3.05) is 9.80 Å². The fraction of sp³-hybridized carbons (Fsp3) is 0.221. The first-order chi connectivity index (χ1) is 38.2. The Labute approximate surface area is 474 Å². The third kappa shape index (κ3) is 6.73. The van der Waals surface area contributed by atoms with Crippen molar-refractivity contribution in [3.05, 3.63) is 245 Å². The molecule has 15 rings (SSSR count). The molecule has 2 heterocycles. The Morgan fingerprint density at radius 2 is 0.738 bits per heavy atom. The summed E-state index contributed by atoms with van der Waals surface area (Å²) in [5.41, 5.74) is 34.8. The highest BCUT2D eigenvalue weighted by Crippen LogP contribution is 2.56. The molecule has 80 heavy (non-hydrogen) atoms. The molecule has 0 aromatic heterocycles. The van der Waals surface area contributed by atoms with Gasteiger partial charge in [0.2, 0.25) is 0 Å². The fourth-order valence-electron chi connectivity index (χ4n) is 15.4. The second kappa shape index (κ2) is 16.5. The van der Waals surface area contributed by atoms with Crippen LogP contribution in [-0.2, 0) is 27.1 Å². The zero-order valence-corrected chi connectivity index (χ0v) is 48.5. The molecule has 0 saturated carbocycles. The van der Waals surface area contributed by atoms with E-state index in [9.17, 15) is 0 Å². The minimum Gasteiger partial charge on any atom is -0.311 e. The summed E-state index contributed by atoms with van der Waals surface area (Å²) in [6, 6.07) is 77.9. The van der Waals surface area contributed by atoms with Gasteiger partial charge in [0.15, 0.2) is 0 Å². The van der Waals surface area contributed by atoms with E-state index < -0.39 is 0 Å². The number of rotatable bonds is 4. The highest BCUT2D eigenvalue weighted by molar-refractivity contribution is 7.00. The summed E-state index contributed by atoms with van der Waals surface area (Å²) in [4.78, 5) is 5.26. The minimum absolute atomic E-state index is 0.0547. The Hall–Kier alpha value is -8.14. The molecular formula is C77H69BN2. The normalized spacial score (nSPS) is 16.0. The molecule has 0 N–H and O–H groups in total. The minimum atomic E-state index is -0.169. The van der Waals surface area contributed by atoms with Crippen LogP contribution in [0.25, 0.3) is 55.6 Å². The van der Waals surface area contributed by atoms with Crippen molar-refractivity contribution in [3.63, 3.8) is 0 Å². The van der Waals surface area contributed by atoms with Crippen LogP contribution in [0.1, 0.15) is 128 Å². The molecule has 0 saturated heterocycles. The van der Waals surface area contributed by atoms with E-state index in [2.05, 4.69) is 293 Å². The number of hydrogen-bond acceptors (Lipinski definition) is 2. The second-order valence-electron chi connectivity index (χ2n) is 27.3. The maximum atomic E-state index is 2.64. The van der Waals surface area contributed by atoms with Gasteiger partial charge in [0, 0.05) is 50.4 Å². The summed E-state index contributed by atoms with van der Waals surface area (Å²) in [5.74, 6) is 0. The molecule has 3 heteroatoms. The number of hydrogen-bond donors (Lipinski definition) is 0. The van der Waals surface area contributed by atoms with E-state index in [4.69, 9.17) is 0 Å². The van der Waals surface area contributed by atoms with E-state index in [1.54, 1.807) is 0 Å². The summed E-state index contributed by atoms with van der Waals surface area (Å²) < 4.78 is 0. The second-order valence-corrected chi connectivity index (χ2v) is 27.3. The molecule has 390 valence electrons. The molecule has 5 aliphatic rings. The smallest absolute Gasteiger partial charge is 0.252 e. The zero-order chi connectivity index (χ0) is 55.2. The third-order valence-corrected chi connectivity index (χ3v) is 19.5. The number of anilines is 6. The van der Waals surface area contributed by atoms with Crippen LogP contribution in [0.4, 0.5) is 34.1 Å². The van der Waals surface area contributed by atoms with Gasteiger partial charge in [-0.1, -0.05) is 235 Å². The van der Waals surface area contributed by atoms with Crippen LogP contribution in [0.15, 0.2) is 200 Å². The first-order valence-corrected chi connectivity index (χ1v) is 29.1. The zero-order valence-electron chi connectivity index (χ0n) is 48.5. The predicted molar refractivity (Wildman–Crippen MR) is 341 cm³/mol. The summed E-state index contributed by atoms with van der Waals surface area (Å²) in [6.45, 7) is 28.6. The Bertz CT molecular complexity index is 4300. The van der Waals surface area contributed by atoms with E-state index in [-0.39, 0.29) is 33.8 Å². The molecule has 0 radical (unpaired) electrons. The lowest BCUT2D eigenvalue weighted by molar-refractivity contribution is 0.590. The van der Waals surface area contributed by atoms with Crippen molar-refractivity contribution < 1.29 is 0 Å². The van der Waals surface area contributed by atoms with Gasteiger partial charge < -0.3 is 9.80 Å². The van der Waals surface area contributed by atoms with Crippen molar-refractivity contribution in [1.82, 2.24) is 0 Å². The van der Waals surface area contributed by atoms with E-state index in [1.165, 1.54) is 145 Å². The van der Waals surface area contributed by atoms with E-state index >= 15 is 0 Å². The Morgan fingerprint density at radius 1 is 0.312 bits per heavy atom. The topological polar surface area (TPSA) is 6.48 Å². The highest BCUT2D eigenvalue weighted by atomic mass is 15.2. The fourth-order valence-corrected chi connectivity index (χ4v) is 15.4. The lowest BCUT2D eigenvalue weighted by atomic mass is 9.33. The molecule has 0 fully saturated rings. The van der Waals surface area contributed by atoms with Gasteiger partial charge in [0.1, 0.15) is 0 Å². The lowest BCUT2D eigenvalue weighted by Gasteiger charge is -2.45. The predicted octanol–water partition coefficient (Wildman–Crippen LogP) is 18.6. The van der Waals surface area contributed by atoms with Crippen LogP contribution >= 0.6 is 0 Å². The first-order valence-electron chi connectivity index (χ1n) is 29.1. The van der Waals surface area contributed by atoms with Crippen molar-refractivity contribution >= 4 is 57.2 Å². The quantitative estimate of drug-likeness (QED) is 0.162. The standard InChI is InChI=1S/C77H69BN2/c1-73(2,3)48-34-40-67-65(42-48)78-64-41-47(53-25-20-27-59-56-23-15-18-30-62(56)77(11,12)71(53)59)33-39-66(64)79(50-35-31-46(32-36-50)52-24-19-26-58-55-22-14-17-29-61(55)76(9,10)70(52)58)68-43-49(74(4,5)6)44-69(72(68)78)80(67)51-37-38-57-54-21-13-16-28-60(54)75(7,8)63(57)45-51/h13-45H,1-12H3. The van der Waals surface area contributed by atoms with Crippen molar-refractivity contribution in [3.8, 4) is 55.6 Å². The summed E-state index contributed by atoms with van der Waals surface area (Å²) in [6.07, 6.45) is 0. The van der Waals surface area contributed by atoms with Crippen LogP contribution in [0.3, 0.4) is 0 Å². The molecule has 10 aromatic rings. The number of benzene rings is 10. The molecule has 0 amide bonds. The van der Waals surface area contributed by atoms with Gasteiger partial charge >= 0.3 is 0 Å². The summed E-state index contributed by atoms with van der Waals surface area (Å²) in [7, 11) is 0. The third-order valence-electron chi connectivity index (χ3n) is 19.5. The molecular weight excluding hydrogens is 964 g/mol. The maximum Gasteiger partial charge on any atom is 0.252 e. The van der Waals surface area contributed by atoms with Gasteiger partial charge in [-0.15, -0.1) is 0 Å². The molecule has 3 aliphatic carbocycles. The van der Waals surface area contributed by atoms with Gasteiger partial charge in [0.25, 0.3) is 6.71 Å². The van der Waals surface area contributed by atoms with Gasteiger partial charge in [0.05, 0.1) is 0 Å². The van der Waals surface area contributed by atoms with Crippen molar-refractivity contribution in [2.45, 2.75) is 110 Å². The van der Waals surface area contributed by atoms with E-state index in [1.807, 2.05) is 0 Å². The molecule has 10 aromatic carbocycles. The molecule has 0 spiro atoms. The largest absolute Gasteiger partial charge is 0.311 e. The Morgan fingerprint density at radius 3 is 1.30 bits per heavy atom. The average Bonchev–Trinajstić information content (AvgIpc) is 3.98. The van der Waals surface area contributed by atoms with Gasteiger partial charge in [-0.05, 0) is 176 Å². The van der Waals surface area contributed by atoms with Crippen molar-refractivity contribution in [1.29, 1.82) is 0 Å². The molecule has 2 nitrogen and oxygen atoms in total. The lowest BCUT2D eigenvalue weighted by Crippen LogP contribution is -2.61. The molecule has 2 aliphatic heterocycles. The summed E-state index contributed by atoms with van der Waals surface area (Å²) in [5, 5.41) is 0. The highest BCUT2D eigenvalue weighted by Gasteiger charge is 2.47. The maximum absolute atomic E-state index is 2.64. The van der Waals surface area contributed by atoms with Crippen LogP contribution in [0.5, 0.6) is 0 Å². The molecule has 0 unspecified atom stereocenters. The van der Waals surface area contributed by atoms with Gasteiger partial charge in [-0.25, -0.2) is 0 Å². The SMILES string of the molecule is CC(C)(C)c1ccc2c(c1)B1c3cc(-c4cccc5c4C(C)(C)c4ccccc4-5)ccc3N(c3ccc(-c4cccc5c4C(C)(C)c4ccccc4-5)cc3)c3cc(C(C)(C)C)cc(c31)N2c1ccc2c(c1)C(C)(C)c1ccccc1-2. The van der Waals surface area contributed by atoms with Crippen molar-refractivity contribution in [2.24, 2.45) is 0 Å². The Kier molecular flexibility index (Phi) is 10.1. The van der Waals surface area contributed by atoms with E-state index in [0.717, 1.165) is 5.69 Å². The molecule has 0 bridgehead atoms. The van der Waals surface area contributed by atoms with Crippen LogP contribution < -0.4 is 26.2 Å². The molecule has 0 atom stereocenters. The van der Waals surface area contributed by atoms with Gasteiger partial charge in [-0.2, -0.15) is 0 Å². The first kappa shape index (κ1) is 48.9. The van der Waals surface area contributed by atoms with Gasteiger partial charge in [-0.3, -0.25) is 0 Å². The number of nitrogens with zero attached hydrogens (tertiary/aromatic N) is 2. The number of fused-ring (bicyclic) bond motifs is 13. The van der Waals surface area contributed by atoms with Crippen LogP contribution in [-0.4, -0.2) is 6.71 Å². The Balaban J connectivity index is 0.992. The van der Waals surface area contributed by atoms with Crippen LogP contribution in [0, 0.1) is 0 Å². The van der Waals surface area contributed by atoms with E-state index in [0.29, 0.717) is 0 Å². The average molecular weight is 1030 g/mol. The van der Waals surface area contributed by atoms with Crippen LogP contribution in [0.2, 0.25) is 0 Å².